The minimum Gasteiger partial charge on any atom is -0.319 e. The molecule has 0 saturated carbocycles. The maximum atomic E-state index is 12.7. The molecule has 0 aliphatic heterocycles. The Bertz CT molecular complexity index is 948. The molecule has 134 valence electrons. The number of anilines is 1. The fourth-order valence-corrected chi connectivity index (χ4v) is 2.37. The van der Waals surface area contributed by atoms with Gasteiger partial charge < -0.3 is 5.32 Å². The molecule has 9 heteroatoms. The molecule has 1 amide bonds. The van der Waals surface area contributed by atoms with Crippen molar-refractivity contribution in [2.75, 3.05) is 5.32 Å². The number of alkyl halides is 3. The van der Waals surface area contributed by atoms with E-state index in [0.717, 1.165) is 23.5 Å². The van der Waals surface area contributed by atoms with Crippen LogP contribution in [0.15, 0.2) is 42.7 Å². The molecule has 0 spiro atoms. The fraction of sp³-hybridized carbons (Fsp3) is 0.176. The highest BCUT2D eigenvalue weighted by atomic mass is 19.4. The van der Waals surface area contributed by atoms with Gasteiger partial charge in [-0.2, -0.15) is 18.3 Å². The number of halogens is 3. The highest BCUT2D eigenvalue weighted by Gasteiger charge is 2.30. The van der Waals surface area contributed by atoms with Crippen molar-refractivity contribution in [2.45, 2.75) is 20.0 Å². The van der Waals surface area contributed by atoms with Crippen molar-refractivity contribution >= 4 is 11.6 Å². The quantitative estimate of drug-likeness (QED) is 0.774. The van der Waals surface area contributed by atoms with E-state index in [9.17, 15) is 18.0 Å². The minimum absolute atomic E-state index is 0.109. The first kappa shape index (κ1) is 17.6. The van der Waals surface area contributed by atoms with E-state index in [2.05, 4.69) is 20.4 Å². The van der Waals surface area contributed by atoms with Crippen LogP contribution in [0.25, 0.3) is 5.95 Å². The highest BCUT2D eigenvalue weighted by Crippen LogP contribution is 2.29. The second-order valence-corrected chi connectivity index (χ2v) is 5.64. The third-order valence-corrected chi connectivity index (χ3v) is 3.55. The van der Waals surface area contributed by atoms with E-state index in [-0.39, 0.29) is 11.3 Å². The van der Waals surface area contributed by atoms with Crippen LogP contribution in [0.2, 0.25) is 0 Å². The van der Waals surface area contributed by atoms with Gasteiger partial charge in [0.05, 0.1) is 29.3 Å². The van der Waals surface area contributed by atoms with Crippen molar-refractivity contribution in [3.8, 4) is 5.95 Å². The van der Waals surface area contributed by atoms with E-state index < -0.39 is 17.6 Å². The first-order valence-electron chi connectivity index (χ1n) is 7.58. The molecule has 0 atom stereocenters. The summed E-state index contributed by atoms with van der Waals surface area (Å²) in [5, 5.41) is 6.72. The molecular formula is C17H14F3N5O. The molecule has 0 fully saturated rings. The van der Waals surface area contributed by atoms with Crippen molar-refractivity contribution in [2.24, 2.45) is 0 Å². The lowest BCUT2D eigenvalue weighted by Gasteiger charge is -2.09. The Balaban J connectivity index is 1.77. The third kappa shape index (κ3) is 3.71. The second kappa shape index (κ2) is 6.58. The van der Waals surface area contributed by atoms with E-state index in [1.165, 1.54) is 24.5 Å². The molecule has 0 saturated heterocycles. The molecule has 6 nitrogen and oxygen atoms in total. The van der Waals surface area contributed by atoms with E-state index in [4.69, 9.17) is 0 Å². The summed E-state index contributed by atoms with van der Waals surface area (Å²) in [6.45, 7) is 3.69. The monoisotopic (exact) mass is 361 g/mol. The van der Waals surface area contributed by atoms with Gasteiger partial charge in [0.2, 0.25) is 0 Å². The van der Waals surface area contributed by atoms with Crippen LogP contribution in [-0.2, 0) is 6.18 Å². The van der Waals surface area contributed by atoms with E-state index >= 15 is 0 Å². The number of hydrogen-bond acceptors (Lipinski definition) is 4. The third-order valence-electron chi connectivity index (χ3n) is 3.55. The van der Waals surface area contributed by atoms with Crippen LogP contribution in [0.4, 0.5) is 18.9 Å². The molecule has 1 aromatic carbocycles. The largest absolute Gasteiger partial charge is 0.416 e. The average molecular weight is 361 g/mol. The van der Waals surface area contributed by atoms with E-state index in [1.54, 1.807) is 4.68 Å². The molecule has 0 bridgehead atoms. The highest BCUT2D eigenvalue weighted by molar-refractivity contribution is 6.04. The van der Waals surface area contributed by atoms with Gasteiger partial charge in [0.1, 0.15) is 0 Å². The molecule has 0 aliphatic rings. The van der Waals surface area contributed by atoms with Crippen molar-refractivity contribution in [3.05, 3.63) is 65.2 Å². The van der Waals surface area contributed by atoms with Crippen LogP contribution in [-0.4, -0.2) is 25.7 Å². The molecule has 1 N–H and O–H groups in total. The van der Waals surface area contributed by atoms with Crippen LogP contribution in [0.3, 0.4) is 0 Å². The minimum atomic E-state index is -4.51. The Labute approximate surface area is 146 Å². The number of amides is 1. The maximum Gasteiger partial charge on any atom is 0.416 e. The fourth-order valence-electron chi connectivity index (χ4n) is 2.37. The second-order valence-electron chi connectivity index (χ2n) is 5.64. The summed E-state index contributed by atoms with van der Waals surface area (Å²) in [4.78, 5) is 20.4. The summed E-state index contributed by atoms with van der Waals surface area (Å²) in [5.74, 6) is -0.355. The molecule has 0 aliphatic carbocycles. The van der Waals surface area contributed by atoms with E-state index in [0.29, 0.717) is 5.95 Å². The summed E-state index contributed by atoms with van der Waals surface area (Å²) in [6.07, 6.45) is -1.78. The van der Waals surface area contributed by atoms with Gasteiger partial charge >= 0.3 is 6.18 Å². The van der Waals surface area contributed by atoms with Gasteiger partial charge in [-0.25, -0.2) is 14.6 Å². The molecule has 0 unspecified atom stereocenters. The van der Waals surface area contributed by atoms with Gasteiger partial charge in [0.25, 0.3) is 11.9 Å². The standard InChI is InChI=1S/C17H14F3N5O/c1-10-6-11(2)25(24-10)16-21-8-14(9-22-16)23-15(26)12-4-3-5-13(7-12)17(18,19)20/h3-9H,1-2H3,(H,23,26). The van der Waals surface area contributed by atoms with Crippen molar-refractivity contribution in [1.82, 2.24) is 19.7 Å². The van der Waals surface area contributed by atoms with Gasteiger partial charge in [-0.1, -0.05) is 6.07 Å². The molecule has 0 radical (unpaired) electrons. The number of nitrogens with zero attached hydrogens (tertiary/aromatic N) is 4. The van der Waals surface area contributed by atoms with Gasteiger partial charge in [-0.05, 0) is 38.1 Å². The number of carbonyl (C=O) groups excluding carboxylic acids is 1. The number of carbonyl (C=O) groups is 1. The lowest BCUT2D eigenvalue weighted by atomic mass is 10.1. The Morgan fingerprint density at radius 1 is 1.12 bits per heavy atom. The summed E-state index contributed by atoms with van der Waals surface area (Å²) in [5.41, 5.74) is 0.928. The summed E-state index contributed by atoms with van der Waals surface area (Å²) >= 11 is 0. The molecule has 26 heavy (non-hydrogen) atoms. The summed E-state index contributed by atoms with van der Waals surface area (Å²) < 4.78 is 39.8. The van der Waals surface area contributed by atoms with Crippen molar-refractivity contribution in [1.29, 1.82) is 0 Å². The number of hydrogen-bond donors (Lipinski definition) is 1. The van der Waals surface area contributed by atoms with Crippen molar-refractivity contribution in [3.63, 3.8) is 0 Å². The first-order valence-corrected chi connectivity index (χ1v) is 7.58. The summed E-state index contributed by atoms with van der Waals surface area (Å²) in [7, 11) is 0. The van der Waals surface area contributed by atoms with Gasteiger partial charge in [-0.15, -0.1) is 0 Å². The normalized spacial score (nSPS) is 11.4. The molecule has 3 aromatic rings. The first-order chi connectivity index (χ1) is 12.2. The lowest BCUT2D eigenvalue weighted by molar-refractivity contribution is -0.137. The van der Waals surface area contributed by atoms with Crippen molar-refractivity contribution < 1.29 is 18.0 Å². The van der Waals surface area contributed by atoms with Crippen LogP contribution >= 0.6 is 0 Å². The Kier molecular flexibility index (Phi) is 4.45. The van der Waals surface area contributed by atoms with E-state index in [1.807, 2.05) is 19.9 Å². The number of nitrogens with one attached hydrogen (secondary N) is 1. The zero-order valence-corrected chi connectivity index (χ0v) is 13.9. The SMILES string of the molecule is Cc1cc(C)n(-c2ncc(NC(=O)c3cccc(C(F)(F)F)c3)cn2)n1. The molecule has 2 aromatic heterocycles. The Morgan fingerprint density at radius 3 is 2.38 bits per heavy atom. The summed E-state index contributed by atoms with van der Waals surface area (Å²) in [6, 6.07) is 6.05. The van der Waals surface area contributed by atoms with Crippen LogP contribution in [0.1, 0.15) is 27.3 Å². The molecule has 2 heterocycles. The number of benzene rings is 1. The molecule has 3 rings (SSSR count). The van der Waals surface area contributed by atoms with Crippen LogP contribution < -0.4 is 5.32 Å². The van der Waals surface area contributed by atoms with Crippen LogP contribution in [0.5, 0.6) is 0 Å². The number of aromatic nitrogens is 4. The molecular weight excluding hydrogens is 347 g/mol. The van der Waals surface area contributed by atoms with Gasteiger partial charge in [0, 0.05) is 11.3 Å². The number of rotatable bonds is 3. The zero-order chi connectivity index (χ0) is 18.9. The van der Waals surface area contributed by atoms with Crippen LogP contribution in [0, 0.1) is 13.8 Å². The number of aryl methyl sites for hydroxylation is 2. The predicted molar refractivity (Wildman–Crippen MR) is 88.0 cm³/mol. The predicted octanol–water partition coefficient (Wildman–Crippen LogP) is 3.55. The zero-order valence-electron chi connectivity index (χ0n) is 13.9. The smallest absolute Gasteiger partial charge is 0.319 e. The van der Waals surface area contributed by atoms with Gasteiger partial charge in [0.15, 0.2) is 0 Å². The Hall–Kier alpha value is -3.23. The topological polar surface area (TPSA) is 72.7 Å². The average Bonchev–Trinajstić information content (AvgIpc) is 2.93. The maximum absolute atomic E-state index is 12.7. The van der Waals surface area contributed by atoms with Gasteiger partial charge in [-0.3, -0.25) is 4.79 Å². The lowest BCUT2D eigenvalue weighted by Crippen LogP contribution is -2.14. The Morgan fingerprint density at radius 2 is 1.81 bits per heavy atom.